The molecule has 2 aromatic rings. The van der Waals surface area contributed by atoms with Crippen LogP contribution < -0.4 is 11.1 Å². The van der Waals surface area contributed by atoms with Crippen molar-refractivity contribution >= 4 is 16.7 Å². The van der Waals surface area contributed by atoms with Gasteiger partial charge in [0, 0.05) is 24.8 Å². The number of nitrogens with one attached hydrogen (secondary N) is 1. The van der Waals surface area contributed by atoms with Crippen molar-refractivity contribution in [2.45, 2.75) is 18.4 Å². The maximum atomic E-state index is 6.03. The lowest BCUT2D eigenvalue weighted by atomic mass is 10.2. The molecule has 0 atom stereocenters. The Labute approximate surface area is 94.5 Å². The summed E-state index contributed by atoms with van der Waals surface area (Å²) in [5.41, 5.74) is 9.34. The first kappa shape index (κ1) is 9.66. The number of imidazole rings is 1. The fraction of sp³-hybridized carbons (Fsp3) is 0.417. The molecule has 1 fully saturated rings. The molecule has 3 rings (SSSR count). The van der Waals surface area contributed by atoms with Crippen LogP contribution in [0.2, 0.25) is 0 Å². The summed E-state index contributed by atoms with van der Waals surface area (Å²) in [7, 11) is 2.00. The van der Waals surface area contributed by atoms with Crippen molar-refractivity contribution in [3.63, 3.8) is 0 Å². The third-order valence-corrected chi connectivity index (χ3v) is 3.26. The van der Waals surface area contributed by atoms with Crippen LogP contribution in [0.4, 0.5) is 5.69 Å². The molecule has 1 saturated carbocycles. The molecule has 0 spiro atoms. The number of hydrogen-bond acceptors (Lipinski definition) is 3. The summed E-state index contributed by atoms with van der Waals surface area (Å²) in [6, 6.07) is 6.23. The molecule has 1 aliphatic carbocycles. The van der Waals surface area contributed by atoms with Gasteiger partial charge in [-0.3, -0.25) is 0 Å². The van der Waals surface area contributed by atoms with E-state index in [0.717, 1.165) is 36.1 Å². The van der Waals surface area contributed by atoms with Crippen LogP contribution in [0.25, 0.3) is 11.0 Å². The summed E-state index contributed by atoms with van der Waals surface area (Å²) in [5, 5.41) is 3.37. The van der Waals surface area contributed by atoms with Gasteiger partial charge in [0.2, 0.25) is 0 Å². The van der Waals surface area contributed by atoms with Crippen LogP contribution in [0.3, 0.4) is 0 Å². The van der Waals surface area contributed by atoms with Crippen molar-refractivity contribution in [2.24, 2.45) is 12.8 Å². The van der Waals surface area contributed by atoms with Gasteiger partial charge in [-0.1, -0.05) is 0 Å². The summed E-state index contributed by atoms with van der Waals surface area (Å²) in [6.45, 7) is 0.853. The number of aryl methyl sites for hydroxylation is 1. The maximum absolute atomic E-state index is 6.03. The van der Waals surface area contributed by atoms with Crippen LogP contribution in [-0.4, -0.2) is 21.6 Å². The Balaban J connectivity index is 1.82. The molecule has 0 amide bonds. The van der Waals surface area contributed by atoms with Gasteiger partial charge in [-0.2, -0.15) is 0 Å². The molecule has 0 unspecified atom stereocenters. The summed E-state index contributed by atoms with van der Waals surface area (Å²) >= 11 is 0. The van der Waals surface area contributed by atoms with E-state index in [1.807, 2.05) is 17.9 Å². The SMILES string of the molecule is Cn1cnc2cc(NCC3(N)CC3)ccc21. The number of aromatic nitrogens is 2. The summed E-state index contributed by atoms with van der Waals surface area (Å²) < 4.78 is 2.02. The first-order valence-electron chi connectivity index (χ1n) is 5.60. The second-order valence-electron chi connectivity index (χ2n) is 4.77. The molecule has 3 N–H and O–H groups in total. The minimum Gasteiger partial charge on any atom is -0.383 e. The molecule has 0 saturated heterocycles. The standard InChI is InChI=1S/C12H16N4/c1-16-8-15-10-6-9(2-3-11(10)16)14-7-12(13)4-5-12/h2-3,6,8,14H,4-5,7,13H2,1H3. The van der Waals surface area contributed by atoms with Gasteiger partial charge >= 0.3 is 0 Å². The first-order chi connectivity index (χ1) is 7.66. The van der Waals surface area contributed by atoms with Crippen LogP contribution >= 0.6 is 0 Å². The first-order valence-corrected chi connectivity index (χ1v) is 5.60. The molecule has 0 bridgehead atoms. The van der Waals surface area contributed by atoms with Crippen molar-refractivity contribution in [1.82, 2.24) is 9.55 Å². The van der Waals surface area contributed by atoms with Gasteiger partial charge in [-0.15, -0.1) is 0 Å². The quantitative estimate of drug-likeness (QED) is 0.817. The number of fused-ring (bicyclic) bond motifs is 1. The number of benzene rings is 1. The lowest BCUT2D eigenvalue weighted by Crippen LogP contribution is -2.30. The number of hydrogen-bond donors (Lipinski definition) is 2. The highest BCUT2D eigenvalue weighted by molar-refractivity contribution is 5.79. The van der Waals surface area contributed by atoms with E-state index in [0.29, 0.717) is 0 Å². The molecule has 1 aromatic carbocycles. The van der Waals surface area contributed by atoms with Crippen molar-refractivity contribution < 1.29 is 0 Å². The second kappa shape index (κ2) is 3.22. The van der Waals surface area contributed by atoms with Crippen LogP contribution in [-0.2, 0) is 7.05 Å². The lowest BCUT2D eigenvalue weighted by Gasteiger charge is -2.11. The van der Waals surface area contributed by atoms with Crippen molar-refractivity contribution in [2.75, 3.05) is 11.9 Å². The van der Waals surface area contributed by atoms with Crippen molar-refractivity contribution in [1.29, 1.82) is 0 Å². The number of nitrogens with two attached hydrogens (primary N) is 1. The van der Waals surface area contributed by atoms with E-state index in [2.05, 4.69) is 28.5 Å². The molecule has 0 aliphatic heterocycles. The van der Waals surface area contributed by atoms with E-state index in [1.165, 1.54) is 0 Å². The average molecular weight is 216 g/mol. The van der Waals surface area contributed by atoms with Gasteiger partial charge in [0.05, 0.1) is 17.4 Å². The van der Waals surface area contributed by atoms with Gasteiger partial charge in [0.25, 0.3) is 0 Å². The van der Waals surface area contributed by atoms with E-state index in [1.54, 1.807) is 0 Å². The molecular formula is C12H16N4. The molecule has 1 aliphatic rings. The second-order valence-corrected chi connectivity index (χ2v) is 4.77. The highest BCUT2D eigenvalue weighted by Crippen LogP contribution is 2.32. The largest absolute Gasteiger partial charge is 0.383 e. The minimum atomic E-state index is 0.0407. The van der Waals surface area contributed by atoms with Gasteiger partial charge in [0.15, 0.2) is 0 Å². The molecule has 1 heterocycles. The van der Waals surface area contributed by atoms with Gasteiger partial charge < -0.3 is 15.6 Å². The molecular weight excluding hydrogens is 200 g/mol. The van der Waals surface area contributed by atoms with Gasteiger partial charge in [0.1, 0.15) is 0 Å². The Morgan fingerprint density at radius 3 is 3.06 bits per heavy atom. The molecule has 1 aromatic heterocycles. The highest BCUT2D eigenvalue weighted by Gasteiger charge is 2.37. The topological polar surface area (TPSA) is 55.9 Å². The van der Waals surface area contributed by atoms with Crippen molar-refractivity contribution in [3.05, 3.63) is 24.5 Å². The van der Waals surface area contributed by atoms with Crippen LogP contribution in [0.5, 0.6) is 0 Å². The molecule has 4 heteroatoms. The third kappa shape index (κ3) is 1.65. The fourth-order valence-electron chi connectivity index (χ4n) is 1.86. The summed E-state index contributed by atoms with van der Waals surface area (Å²) in [5.74, 6) is 0. The maximum Gasteiger partial charge on any atom is 0.0955 e. The summed E-state index contributed by atoms with van der Waals surface area (Å²) in [6.07, 6.45) is 4.09. The van der Waals surface area contributed by atoms with E-state index in [4.69, 9.17) is 5.73 Å². The third-order valence-electron chi connectivity index (χ3n) is 3.26. The van der Waals surface area contributed by atoms with Crippen LogP contribution in [0.1, 0.15) is 12.8 Å². The Bertz CT molecular complexity index is 525. The van der Waals surface area contributed by atoms with E-state index in [9.17, 15) is 0 Å². The van der Waals surface area contributed by atoms with Crippen LogP contribution in [0.15, 0.2) is 24.5 Å². The number of nitrogens with zero attached hydrogens (tertiary/aromatic N) is 2. The Morgan fingerprint density at radius 1 is 1.50 bits per heavy atom. The molecule has 16 heavy (non-hydrogen) atoms. The van der Waals surface area contributed by atoms with E-state index >= 15 is 0 Å². The van der Waals surface area contributed by atoms with E-state index in [-0.39, 0.29) is 5.54 Å². The zero-order valence-corrected chi connectivity index (χ0v) is 9.40. The molecule has 4 nitrogen and oxygen atoms in total. The number of anilines is 1. The Hall–Kier alpha value is -1.55. The van der Waals surface area contributed by atoms with Crippen LogP contribution in [0, 0.1) is 0 Å². The van der Waals surface area contributed by atoms with E-state index < -0.39 is 0 Å². The average Bonchev–Trinajstić information content (AvgIpc) is 2.91. The summed E-state index contributed by atoms with van der Waals surface area (Å²) in [4.78, 5) is 4.33. The molecule has 0 radical (unpaired) electrons. The van der Waals surface area contributed by atoms with Gasteiger partial charge in [-0.25, -0.2) is 4.98 Å². The van der Waals surface area contributed by atoms with Gasteiger partial charge in [-0.05, 0) is 31.0 Å². The van der Waals surface area contributed by atoms with Crippen molar-refractivity contribution in [3.8, 4) is 0 Å². The monoisotopic (exact) mass is 216 g/mol. The predicted molar refractivity (Wildman–Crippen MR) is 65.4 cm³/mol. The minimum absolute atomic E-state index is 0.0407. The smallest absolute Gasteiger partial charge is 0.0955 e. The fourth-order valence-corrected chi connectivity index (χ4v) is 1.86. The predicted octanol–water partition coefficient (Wildman–Crippen LogP) is 1.48. The lowest BCUT2D eigenvalue weighted by molar-refractivity contribution is 0.713. The zero-order chi connectivity index (χ0) is 11.2. The highest BCUT2D eigenvalue weighted by atomic mass is 15.0. The number of rotatable bonds is 3. The Morgan fingerprint density at radius 2 is 2.31 bits per heavy atom. The zero-order valence-electron chi connectivity index (χ0n) is 9.40. The normalized spacial score (nSPS) is 17.6. The molecule has 84 valence electrons. The Kier molecular flexibility index (Phi) is 1.94.